The second-order valence-corrected chi connectivity index (χ2v) is 4.75. The molecule has 2 unspecified atom stereocenters. The van der Waals surface area contributed by atoms with Crippen LogP contribution in [-0.4, -0.2) is 35.4 Å². The van der Waals surface area contributed by atoms with E-state index >= 15 is 0 Å². The van der Waals surface area contributed by atoms with Gasteiger partial charge in [0.05, 0.1) is 6.10 Å². The number of imidazole rings is 1. The Morgan fingerprint density at radius 3 is 3.24 bits per heavy atom. The van der Waals surface area contributed by atoms with Crippen LogP contribution in [0.5, 0.6) is 0 Å². The molecule has 4 nitrogen and oxygen atoms in total. The highest BCUT2D eigenvalue weighted by Crippen LogP contribution is 2.12. The van der Waals surface area contributed by atoms with Gasteiger partial charge in [0.2, 0.25) is 0 Å². The number of rotatable bonds is 6. The molecular weight excluding hydrogens is 214 g/mol. The second-order valence-electron chi connectivity index (χ2n) is 4.75. The van der Waals surface area contributed by atoms with Crippen LogP contribution >= 0.6 is 0 Å². The maximum atomic E-state index is 5.59. The molecule has 2 rings (SSSR count). The van der Waals surface area contributed by atoms with Crippen molar-refractivity contribution in [2.45, 2.75) is 45.3 Å². The third-order valence-electron chi connectivity index (χ3n) is 3.38. The number of hydrogen-bond acceptors (Lipinski definition) is 3. The van der Waals surface area contributed by atoms with Crippen molar-refractivity contribution in [3.05, 3.63) is 18.2 Å². The van der Waals surface area contributed by atoms with Crippen LogP contribution in [0.2, 0.25) is 0 Å². The Morgan fingerprint density at radius 2 is 2.53 bits per heavy atom. The minimum absolute atomic E-state index is 0.427. The van der Waals surface area contributed by atoms with E-state index in [4.69, 9.17) is 4.74 Å². The number of ether oxygens (including phenoxy) is 1. The molecule has 96 valence electrons. The fourth-order valence-corrected chi connectivity index (χ4v) is 2.38. The Kier molecular flexibility index (Phi) is 4.57. The SMILES string of the molecule is CCc1nccn1C(C)CNCC1CCCO1. The van der Waals surface area contributed by atoms with Gasteiger partial charge >= 0.3 is 0 Å². The lowest BCUT2D eigenvalue weighted by Crippen LogP contribution is -2.31. The minimum Gasteiger partial charge on any atom is -0.377 e. The van der Waals surface area contributed by atoms with Crippen LogP contribution in [0.3, 0.4) is 0 Å². The van der Waals surface area contributed by atoms with Crippen LogP contribution in [0.25, 0.3) is 0 Å². The van der Waals surface area contributed by atoms with Gasteiger partial charge in [-0.15, -0.1) is 0 Å². The maximum absolute atomic E-state index is 5.59. The molecule has 2 heterocycles. The van der Waals surface area contributed by atoms with Crippen molar-refractivity contribution >= 4 is 0 Å². The smallest absolute Gasteiger partial charge is 0.108 e. The van der Waals surface area contributed by atoms with E-state index in [-0.39, 0.29) is 0 Å². The first-order chi connectivity index (χ1) is 8.31. The first-order valence-corrected chi connectivity index (χ1v) is 6.65. The lowest BCUT2D eigenvalue weighted by atomic mass is 10.2. The van der Waals surface area contributed by atoms with E-state index in [9.17, 15) is 0 Å². The molecule has 1 aliphatic heterocycles. The summed E-state index contributed by atoms with van der Waals surface area (Å²) in [7, 11) is 0. The number of aromatic nitrogens is 2. The highest BCUT2D eigenvalue weighted by atomic mass is 16.5. The number of aryl methyl sites for hydroxylation is 1. The molecule has 4 heteroatoms. The Balaban J connectivity index is 1.74. The van der Waals surface area contributed by atoms with Crippen molar-refractivity contribution in [2.75, 3.05) is 19.7 Å². The number of nitrogens with one attached hydrogen (secondary N) is 1. The quantitative estimate of drug-likeness (QED) is 0.819. The zero-order valence-electron chi connectivity index (χ0n) is 10.9. The van der Waals surface area contributed by atoms with Crippen LogP contribution < -0.4 is 5.32 Å². The Hall–Kier alpha value is -0.870. The molecule has 0 spiro atoms. The van der Waals surface area contributed by atoms with Gasteiger partial charge in [-0.25, -0.2) is 4.98 Å². The van der Waals surface area contributed by atoms with Crippen LogP contribution in [0.1, 0.15) is 38.6 Å². The summed E-state index contributed by atoms with van der Waals surface area (Å²) in [6.45, 7) is 7.25. The van der Waals surface area contributed by atoms with Gasteiger partial charge in [0.1, 0.15) is 5.82 Å². The van der Waals surface area contributed by atoms with Crippen LogP contribution in [-0.2, 0) is 11.2 Å². The molecule has 0 aromatic carbocycles. The predicted octanol–water partition coefficient (Wildman–Crippen LogP) is 1.78. The average Bonchev–Trinajstić information content (AvgIpc) is 2.99. The number of nitrogens with zero attached hydrogens (tertiary/aromatic N) is 2. The molecule has 1 aliphatic rings. The first-order valence-electron chi connectivity index (χ1n) is 6.65. The molecule has 0 bridgehead atoms. The summed E-state index contributed by atoms with van der Waals surface area (Å²) in [5.74, 6) is 1.16. The van der Waals surface area contributed by atoms with E-state index in [0.717, 1.165) is 31.9 Å². The number of hydrogen-bond donors (Lipinski definition) is 1. The maximum Gasteiger partial charge on any atom is 0.108 e. The average molecular weight is 237 g/mol. The second kappa shape index (κ2) is 6.17. The molecule has 0 radical (unpaired) electrons. The van der Waals surface area contributed by atoms with Gasteiger partial charge in [-0.3, -0.25) is 0 Å². The zero-order chi connectivity index (χ0) is 12.1. The van der Waals surface area contributed by atoms with Crippen molar-refractivity contribution in [3.63, 3.8) is 0 Å². The van der Waals surface area contributed by atoms with Crippen molar-refractivity contribution in [1.82, 2.24) is 14.9 Å². The van der Waals surface area contributed by atoms with Crippen molar-refractivity contribution in [2.24, 2.45) is 0 Å². The van der Waals surface area contributed by atoms with Crippen LogP contribution in [0, 0.1) is 0 Å². The third kappa shape index (κ3) is 3.30. The largest absolute Gasteiger partial charge is 0.377 e. The standard InChI is InChI=1S/C13H23N3O/c1-3-13-15-6-7-16(13)11(2)9-14-10-12-5-4-8-17-12/h6-7,11-12,14H,3-5,8-10H2,1-2H3. The van der Waals surface area contributed by atoms with E-state index in [1.165, 1.54) is 12.8 Å². The summed E-state index contributed by atoms with van der Waals surface area (Å²) >= 11 is 0. The highest BCUT2D eigenvalue weighted by Gasteiger charge is 2.15. The summed E-state index contributed by atoms with van der Waals surface area (Å²) in [6, 6.07) is 0.453. The molecule has 0 amide bonds. The molecule has 1 aromatic rings. The van der Waals surface area contributed by atoms with Gasteiger partial charge in [0.25, 0.3) is 0 Å². The monoisotopic (exact) mass is 237 g/mol. The van der Waals surface area contributed by atoms with Crippen LogP contribution in [0.15, 0.2) is 12.4 Å². The summed E-state index contributed by atoms with van der Waals surface area (Å²) < 4.78 is 7.84. The van der Waals surface area contributed by atoms with E-state index in [1.807, 2.05) is 6.20 Å². The fraction of sp³-hybridized carbons (Fsp3) is 0.769. The van der Waals surface area contributed by atoms with Crippen molar-refractivity contribution < 1.29 is 4.74 Å². The van der Waals surface area contributed by atoms with Gasteiger partial charge in [0.15, 0.2) is 0 Å². The third-order valence-corrected chi connectivity index (χ3v) is 3.38. The minimum atomic E-state index is 0.427. The topological polar surface area (TPSA) is 39.1 Å². The summed E-state index contributed by atoms with van der Waals surface area (Å²) in [4.78, 5) is 4.35. The summed E-state index contributed by atoms with van der Waals surface area (Å²) in [5.41, 5.74) is 0. The molecule has 1 aromatic heterocycles. The van der Waals surface area contributed by atoms with E-state index in [2.05, 4.69) is 34.9 Å². The van der Waals surface area contributed by atoms with E-state index in [1.54, 1.807) is 0 Å². The molecule has 17 heavy (non-hydrogen) atoms. The molecular formula is C13H23N3O. The zero-order valence-corrected chi connectivity index (χ0v) is 10.9. The molecule has 2 atom stereocenters. The van der Waals surface area contributed by atoms with Gasteiger partial charge in [-0.2, -0.15) is 0 Å². The summed E-state index contributed by atoms with van der Waals surface area (Å²) in [6.07, 6.45) is 7.78. The summed E-state index contributed by atoms with van der Waals surface area (Å²) in [5, 5.41) is 3.49. The molecule has 1 N–H and O–H groups in total. The molecule has 0 saturated carbocycles. The first kappa shape index (κ1) is 12.6. The molecule has 1 saturated heterocycles. The Morgan fingerprint density at radius 1 is 1.65 bits per heavy atom. The Bertz CT molecular complexity index is 331. The normalized spacial score (nSPS) is 21.9. The van der Waals surface area contributed by atoms with Gasteiger partial charge in [0, 0.05) is 44.6 Å². The Labute approximate surface area is 103 Å². The van der Waals surface area contributed by atoms with Gasteiger partial charge < -0.3 is 14.6 Å². The molecule has 1 fully saturated rings. The lowest BCUT2D eigenvalue weighted by Gasteiger charge is -2.18. The molecule has 0 aliphatic carbocycles. The predicted molar refractivity (Wildman–Crippen MR) is 68.2 cm³/mol. The van der Waals surface area contributed by atoms with E-state index in [0.29, 0.717) is 12.1 Å². The van der Waals surface area contributed by atoms with E-state index < -0.39 is 0 Å². The van der Waals surface area contributed by atoms with Gasteiger partial charge in [-0.1, -0.05) is 6.92 Å². The van der Waals surface area contributed by atoms with Gasteiger partial charge in [-0.05, 0) is 19.8 Å². The van der Waals surface area contributed by atoms with Crippen LogP contribution in [0.4, 0.5) is 0 Å². The van der Waals surface area contributed by atoms with Crippen molar-refractivity contribution in [1.29, 1.82) is 0 Å². The highest BCUT2D eigenvalue weighted by molar-refractivity contribution is 4.94. The lowest BCUT2D eigenvalue weighted by molar-refractivity contribution is 0.109. The fourth-order valence-electron chi connectivity index (χ4n) is 2.38. The van der Waals surface area contributed by atoms with Crippen molar-refractivity contribution in [3.8, 4) is 0 Å².